The van der Waals surface area contributed by atoms with Crippen LogP contribution < -0.4 is 15.5 Å². The van der Waals surface area contributed by atoms with Crippen LogP contribution in [0.4, 0.5) is 24.7 Å². The molecule has 2 N–H and O–H groups in total. The molecule has 3 fully saturated rings. The van der Waals surface area contributed by atoms with Crippen molar-refractivity contribution in [2.75, 3.05) is 49.5 Å². The highest BCUT2D eigenvalue weighted by atomic mass is 35.5. The molecule has 0 aromatic carbocycles. The standard InChI is InChI=1S/C27H40ClF3N6O2/c1-5-16(2)12-35-8-6-20(7-9-35)36-13-18(4)37(14-17(36)3)26-21(28)10-19(11-32-26)34-23-22(24(38)25(23)39)33-15-27(29,30)31/h10-11,16-18,20,22-23,33-34H,5-9,12-15H2,1-4H3/t16?,17-,18+,22?,23?/m1/s1. The fourth-order valence-electron chi connectivity index (χ4n) is 5.96. The third kappa shape index (κ3) is 7.04. The fraction of sp³-hybridized carbons (Fsp3) is 0.741. The minimum Gasteiger partial charge on any atom is -0.372 e. The highest BCUT2D eigenvalue weighted by Crippen LogP contribution is 2.33. The van der Waals surface area contributed by atoms with E-state index in [0.29, 0.717) is 28.6 Å². The number of piperidine rings is 1. The molecule has 8 nitrogen and oxygen atoms in total. The van der Waals surface area contributed by atoms with Gasteiger partial charge in [0.25, 0.3) is 0 Å². The number of carbonyl (C=O) groups excluding carboxylic acids is 2. The summed E-state index contributed by atoms with van der Waals surface area (Å²) in [6.45, 7) is 12.7. The summed E-state index contributed by atoms with van der Waals surface area (Å²) < 4.78 is 37.7. The fourth-order valence-corrected chi connectivity index (χ4v) is 6.23. The van der Waals surface area contributed by atoms with Crippen molar-refractivity contribution < 1.29 is 22.8 Å². The third-order valence-electron chi connectivity index (χ3n) is 8.41. The van der Waals surface area contributed by atoms with Crippen LogP contribution in [-0.4, -0.2) is 102 Å². The number of nitrogens with one attached hydrogen (secondary N) is 2. The molecule has 0 radical (unpaired) electrons. The predicted molar refractivity (Wildman–Crippen MR) is 146 cm³/mol. The molecular weight excluding hydrogens is 533 g/mol. The van der Waals surface area contributed by atoms with Crippen molar-refractivity contribution in [1.29, 1.82) is 0 Å². The summed E-state index contributed by atoms with van der Waals surface area (Å²) in [5.41, 5.74) is 0.372. The lowest BCUT2D eigenvalue weighted by molar-refractivity contribution is -0.149. The molecule has 1 aromatic rings. The van der Waals surface area contributed by atoms with Crippen LogP contribution >= 0.6 is 11.6 Å². The first kappa shape index (κ1) is 30.0. The van der Waals surface area contributed by atoms with Crippen LogP contribution in [0.2, 0.25) is 5.02 Å². The van der Waals surface area contributed by atoms with Crippen LogP contribution in [0, 0.1) is 5.92 Å². The average molecular weight is 573 g/mol. The van der Waals surface area contributed by atoms with E-state index in [4.69, 9.17) is 11.6 Å². The number of aromatic nitrogens is 1. The van der Waals surface area contributed by atoms with E-state index < -0.39 is 36.4 Å². The lowest BCUT2D eigenvalue weighted by Crippen LogP contribution is -2.67. The molecular formula is C27H40ClF3N6O2. The van der Waals surface area contributed by atoms with E-state index in [-0.39, 0.29) is 6.04 Å². The molecule has 218 valence electrons. The van der Waals surface area contributed by atoms with Gasteiger partial charge < -0.3 is 15.1 Å². The van der Waals surface area contributed by atoms with E-state index in [1.54, 1.807) is 6.07 Å². The Morgan fingerprint density at radius 1 is 1.10 bits per heavy atom. The number of carbonyl (C=O) groups is 2. The van der Waals surface area contributed by atoms with Gasteiger partial charge in [-0.15, -0.1) is 0 Å². The maximum absolute atomic E-state index is 12.6. The van der Waals surface area contributed by atoms with Gasteiger partial charge in [-0.1, -0.05) is 31.9 Å². The summed E-state index contributed by atoms with van der Waals surface area (Å²) in [6.07, 6.45) is 0.581. The number of pyridine rings is 1. The number of nitrogens with zero attached hydrogens (tertiary/aromatic N) is 4. The second-order valence-electron chi connectivity index (χ2n) is 11.4. The van der Waals surface area contributed by atoms with Crippen LogP contribution in [0.3, 0.4) is 0 Å². The molecule has 12 heteroatoms. The number of hydrogen-bond acceptors (Lipinski definition) is 8. The first-order chi connectivity index (χ1) is 18.4. The number of rotatable bonds is 9. The number of anilines is 2. The van der Waals surface area contributed by atoms with Crippen molar-refractivity contribution in [2.45, 2.75) is 83.3 Å². The van der Waals surface area contributed by atoms with Crippen molar-refractivity contribution in [3.63, 3.8) is 0 Å². The number of Topliss-reactive ketones (excluding diaryl/α,β-unsaturated/α-hetero) is 2. The van der Waals surface area contributed by atoms with Gasteiger partial charge in [0.05, 0.1) is 23.5 Å². The summed E-state index contributed by atoms with van der Waals surface area (Å²) in [7, 11) is 0. The highest BCUT2D eigenvalue weighted by molar-refractivity contribution is 6.49. The van der Waals surface area contributed by atoms with Gasteiger partial charge in [0.2, 0.25) is 11.6 Å². The molecule has 2 aliphatic heterocycles. The Balaban J connectivity index is 1.35. The summed E-state index contributed by atoms with van der Waals surface area (Å²) >= 11 is 6.62. The molecule has 39 heavy (non-hydrogen) atoms. The molecule has 3 heterocycles. The lowest BCUT2D eigenvalue weighted by atomic mass is 9.83. The highest BCUT2D eigenvalue weighted by Gasteiger charge is 2.50. The SMILES string of the molecule is CCC(C)CN1CCC(N2C[C@H](C)N(c3ncc(NC4C(=O)C(=O)C4NCC(F)(F)F)cc3Cl)C[C@H]2C)CC1. The first-order valence-electron chi connectivity index (χ1n) is 13.9. The van der Waals surface area contributed by atoms with E-state index >= 15 is 0 Å². The molecule has 0 bridgehead atoms. The zero-order valence-electron chi connectivity index (χ0n) is 23.1. The van der Waals surface area contributed by atoms with Crippen LogP contribution in [0.25, 0.3) is 0 Å². The molecule has 3 unspecified atom stereocenters. The Hall–Kier alpha value is -1.95. The van der Waals surface area contributed by atoms with Gasteiger partial charge in [0.1, 0.15) is 17.9 Å². The summed E-state index contributed by atoms with van der Waals surface area (Å²) in [5.74, 6) is -0.271. The van der Waals surface area contributed by atoms with Crippen molar-refractivity contribution in [1.82, 2.24) is 20.1 Å². The first-order valence-corrected chi connectivity index (χ1v) is 14.3. The number of halogens is 4. The van der Waals surface area contributed by atoms with Crippen LogP contribution in [0.15, 0.2) is 12.3 Å². The van der Waals surface area contributed by atoms with Gasteiger partial charge in [0, 0.05) is 37.8 Å². The van der Waals surface area contributed by atoms with Crippen LogP contribution in [0.5, 0.6) is 0 Å². The van der Waals surface area contributed by atoms with E-state index in [1.165, 1.54) is 32.0 Å². The van der Waals surface area contributed by atoms with Gasteiger partial charge >= 0.3 is 6.18 Å². The Bertz CT molecular complexity index is 1040. The molecule has 1 aliphatic carbocycles. The van der Waals surface area contributed by atoms with E-state index in [2.05, 4.69) is 58.0 Å². The molecule has 0 amide bonds. The lowest BCUT2D eigenvalue weighted by Gasteiger charge is -2.49. The minimum absolute atomic E-state index is 0.185. The smallest absolute Gasteiger partial charge is 0.372 e. The average Bonchev–Trinajstić information content (AvgIpc) is 2.89. The Morgan fingerprint density at radius 3 is 2.38 bits per heavy atom. The monoisotopic (exact) mass is 572 g/mol. The minimum atomic E-state index is -4.49. The summed E-state index contributed by atoms with van der Waals surface area (Å²) in [5, 5.41) is 5.32. The van der Waals surface area contributed by atoms with Gasteiger partial charge in [-0.05, 0) is 51.8 Å². The van der Waals surface area contributed by atoms with Gasteiger partial charge in [0.15, 0.2) is 0 Å². The van der Waals surface area contributed by atoms with Crippen molar-refractivity contribution in [2.24, 2.45) is 5.92 Å². The Morgan fingerprint density at radius 2 is 1.77 bits per heavy atom. The maximum atomic E-state index is 12.6. The third-order valence-corrected chi connectivity index (χ3v) is 8.68. The zero-order chi connectivity index (χ0) is 28.5. The van der Waals surface area contributed by atoms with E-state index in [0.717, 1.165) is 32.1 Å². The molecule has 3 aliphatic rings. The topological polar surface area (TPSA) is 80.8 Å². The molecule has 0 spiro atoms. The normalized spacial score (nSPS) is 28.5. The van der Waals surface area contributed by atoms with Crippen molar-refractivity contribution in [3.05, 3.63) is 17.3 Å². The van der Waals surface area contributed by atoms with Crippen molar-refractivity contribution in [3.8, 4) is 0 Å². The van der Waals surface area contributed by atoms with E-state index in [9.17, 15) is 22.8 Å². The maximum Gasteiger partial charge on any atom is 0.401 e. The number of piperazine rings is 1. The number of hydrogen-bond donors (Lipinski definition) is 2. The van der Waals surface area contributed by atoms with Crippen LogP contribution in [-0.2, 0) is 9.59 Å². The molecule has 2 saturated heterocycles. The molecule has 1 aromatic heterocycles. The molecule has 4 rings (SSSR count). The molecule has 5 atom stereocenters. The van der Waals surface area contributed by atoms with Gasteiger partial charge in [-0.2, -0.15) is 13.2 Å². The largest absolute Gasteiger partial charge is 0.401 e. The molecule has 1 saturated carbocycles. The summed E-state index contributed by atoms with van der Waals surface area (Å²) in [4.78, 5) is 35.8. The number of ketones is 2. The Kier molecular flexibility index (Phi) is 9.45. The second-order valence-corrected chi connectivity index (χ2v) is 11.9. The zero-order valence-corrected chi connectivity index (χ0v) is 23.9. The van der Waals surface area contributed by atoms with Gasteiger partial charge in [-0.25, -0.2) is 4.98 Å². The Labute approximate surface area is 233 Å². The van der Waals surface area contributed by atoms with Crippen molar-refractivity contribution >= 4 is 34.7 Å². The quantitative estimate of drug-likeness (QED) is 0.435. The number of alkyl halides is 3. The number of likely N-dealkylation sites (tertiary alicyclic amines) is 1. The summed E-state index contributed by atoms with van der Waals surface area (Å²) in [6, 6.07) is 0.342. The van der Waals surface area contributed by atoms with Crippen LogP contribution in [0.1, 0.15) is 47.0 Å². The van der Waals surface area contributed by atoms with E-state index in [1.807, 2.05) is 0 Å². The van der Waals surface area contributed by atoms with Gasteiger partial charge in [-0.3, -0.25) is 19.8 Å². The predicted octanol–water partition coefficient (Wildman–Crippen LogP) is 3.60. The second kappa shape index (κ2) is 12.3.